The maximum Gasteiger partial charge on any atom is 0.257 e. The first-order valence-corrected chi connectivity index (χ1v) is 7.44. The highest BCUT2D eigenvalue weighted by molar-refractivity contribution is 5.77. The first-order chi connectivity index (χ1) is 9.80. The normalized spacial score (nSPS) is 11.5. The van der Waals surface area contributed by atoms with Crippen LogP contribution in [0.25, 0.3) is 0 Å². The Morgan fingerprint density at radius 1 is 1.24 bits per heavy atom. The van der Waals surface area contributed by atoms with E-state index in [4.69, 9.17) is 4.74 Å². The SMILES string of the molecule is CN(C)CCCNC(=O)COc1ccccc1C(C)(C)C. The number of nitrogens with zero attached hydrogens (tertiary/aromatic N) is 1. The van der Waals surface area contributed by atoms with E-state index in [-0.39, 0.29) is 17.9 Å². The minimum absolute atomic E-state index is 0.00121. The van der Waals surface area contributed by atoms with Crippen LogP contribution in [0.15, 0.2) is 24.3 Å². The lowest BCUT2D eigenvalue weighted by Crippen LogP contribution is -2.31. The van der Waals surface area contributed by atoms with Gasteiger partial charge in [0.1, 0.15) is 5.75 Å². The Labute approximate surface area is 128 Å². The number of carbonyl (C=O) groups is 1. The highest BCUT2D eigenvalue weighted by Gasteiger charge is 2.18. The van der Waals surface area contributed by atoms with E-state index in [1.54, 1.807) is 0 Å². The minimum atomic E-state index is -0.0718. The van der Waals surface area contributed by atoms with Crippen LogP contribution in [-0.4, -0.2) is 44.6 Å². The van der Waals surface area contributed by atoms with Crippen molar-refractivity contribution in [3.05, 3.63) is 29.8 Å². The van der Waals surface area contributed by atoms with Crippen LogP contribution in [-0.2, 0) is 10.2 Å². The largest absolute Gasteiger partial charge is 0.483 e. The third-order valence-electron chi connectivity index (χ3n) is 3.16. The summed E-state index contributed by atoms with van der Waals surface area (Å²) in [5, 5.41) is 2.88. The van der Waals surface area contributed by atoms with Crippen molar-refractivity contribution in [2.45, 2.75) is 32.6 Å². The van der Waals surface area contributed by atoms with Gasteiger partial charge in [0.15, 0.2) is 6.61 Å². The lowest BCUT2D eigenvalue weighted by atomic mass is 9.86. The predicted molar refractivity (Wildman–Crippen MR) is 86.8 cm³/mol. The number of ether oxygens (including phenoxy) is 1. The summed E-state index contributed by atoms with van der Waals surface area (Å²) < 4.78 is 5.68. The van der Waals surface area contributed by atoms with Crippen LogP contribution in [0.2, 0.25) is 0 Å². The smallest absolute Gasteiger partial charge is 0.257 e. The number of para-hydroxylation sites is 1. The van der Waals surface area contributed by atoms with E-state index in [9.17, 15) is 4.79 Å². The first kappa shape index (κ1) is 17.5. The van der Waals surface area contributed by atoms with Crippen LogP contribution in [0.3, 0.4) is 0 Å². The predicted octanol–water partition coefficient (Wildman–Crippen LogP) is 2.43. The minimum Gasteiger partial charge on any atom is -0.483 e. The lowest BCUT2D eigenvalue weighted by molar-refractivity contribution is -0.123. The van der Waals surface area contributed by atoms with Crippen molar-refractivity contribution in [2.75, 3.05) is 33.8 Å². The molecule has 0 aliphatic carbocycles. The monoisotopic (exact) mass is 292 g/mol. The maximum absolute atomic E-state index is 11.8. The van der Waals surface area contributed by atoms with Crippen molar-refractivity contribution in [1.82, 2.24) is 10.2 Å². The van der Waals surface area contributed by atoms with Crippen molar-refractivity contribution in [3.8, 4) is 5.75 Å². The van der Waals surface area contributed by atoms with Crippen molar-refractivity contribution in [2.24, 2.45) is 0 Å². The molecule has 1 rings (SSSR count). The topological polar surface area (TPSA) is 41.6 Å². The molecule has 0 heterocycles. The van der Waals surface area contributed by atoms with Gasteiger partial charge in [0.25, 0.3) is 5.91 Å². The van der Waals surface area contributed by atoms with E-state index < -0.39 is 0 Å². The molecule has 0 fully saturated rings. The van der Waals surface area contributed by atoms with E-state index in [0.29, 0.717) is 6.54 Å². The van der Waals surface area contributed by atoms with Crippen molar-refractivity contribution < 1.29 is 9.53 Å². The fourth-order valence-corrected chi connectivity index (χ4v) is 2.03. The van der Waals surface area contributed by atoms with Crippen molar-refractivity contribution >= 4 is 5.91 Å². The third-order valence-corrected chi connectivity index (χ3v) is 3.16. The number of rotatable bonds is 7. The highest BCUT2D eigenvalue weighted by Crippen LogP contribution is 2.30. The molecule has 21 heavy (non-hydrogen) atoms. The summed E-state index contributed by atoms with van der Waals surface area (Å²) in [5.74, 6) is 0.714. The number of benzene rings is 1. The van der Waals surface area contributed by atoms with Crippen LogP contribution in [0.4, 0.5) is 0 Å². The van der Waals surface area contributed by atoms with E-state index >= 15 is 0 Å². The Morgan fingerprint density at radius 2 is 1.90 bits per heavy atom. The van der Waals surface area contributed by atoms with Gasteiger partial charge in [-0.1, -0.05) is 39.0 Å². The number of nitrogens with one attached hydrogen (secondary N) is 1. The summed E-state index contributed by atoms with van der Waals surface area (Å²) in [6.07, 6.45) is 0.942. The second kappa shape index (κ2) is 8.03. The van der Waals surface area contributed by atoms with Crippen LogP contribution < -0.4 is 10.1 Å². The molecule has 0 bridgehead atoms. The van der Waals surface area contributed by atoms with Crippen molar-refractivity contribution in [1.29, 1.82) is 0 Å². The standard InChI is InChI=1S/C17H28N2O2/c1-17(2,3)14-9-6-7-10-15(14)21-13-16(20)18-11-8-12-19(4)5/h6-7,9-10H,8,11-13H2,1-5H3,(H,18,20). The molecule has 1 aromatic carbocycles. The Balaban J connectivity index is 2.43. The van der Waals surface area contributed by atoms with Gasteiger partial charge >= 0.3 is 0 Å². The van der Waals surface area contributed by atoms with Gasteiger partial charge in [0.2, 0.25) is 0 Å². The summed E-state index contributed by atoms with van der Waals surface area (Å²) in [6.45, 7) is 8.12. The molecule has 1 N–H and O–H groups in total. The fourth-order valence-electron chi connectivity index (χ4n) is 2.03. The molecule has 0 saturated carbocycles. The summed E-state index contributed by atoms with van der Waals surface area (Å²) in [4.78, 5) is 13.9. The van der Waals surface area contributed by atoms with Gasteiger partial charge in [-0.25, -0.2) is 0 Å². The van der Waals surface area contributed by atoms with Crippen LogP contribution in [0.1, 0.15) is 32.8 Å². The van der Waals surface area contributed by atoms with Gasteiger partial charge in [-0.3, -0.25) is 4.79 Å². The molecule has 0 unspecified atom stereocenters. The molecule has 1 aromatic rings. The molecule has 1 amide bonds. The zero-order chi connectivity index (χ0) is 15.9. The third kappa shape index (κ3) is 6.63. The summed E-state index contributed by atoms with van der Waals surface area (Å²) in [7, 11) is 4.04. The molecule has 118 valence electrons. The van der Waals surface area contributed by atoms with Gasteiger partial charge < -0.3 is 15.0 Å². The number of carbonyl (C=O) groups excluding carboxylic acids is 1. The Bertz CT molecular complexity index is 450. The van der Waals surface area contributed by atoms with Crippen molar-refractivity contribution in [3.63, 3.8) is 0 Å². The fraction of sp³-hybridized carbons (Fsp3) is 0.588. The van der Waals surface area contributed by atoms with Crippen LogP contribution in [0.5, 0.6) is 5.75 Å². The van der Waals surface area contributed by atoms with Crippen LogP contribution >= 0.6 is 0 Å². The molecule has 4 heteroatoms. The molecular formula is C17H28N2O2. The highest BCUT2D eigenvalue weighted by atomic mass is 16.5. The van der Waals surface area contributed by atoms with E-state index in [1.165, 1.54) is 0 Å². The van der Waals surface area contributed by atoms with E-state index in [0.717, 1.165) is 24.3 Å². The quantitative estimate of drug-likeness (QED) is 0.785. The number of amides is 1. The summed E-state index contributed by atoms with van der Waals surface area (Å²) in [5.41, 5.74) is 1.11. The molecule has 0 atom stereocenters. The number of hydrogen-bond donors (Lipinski definition) is 1. The molecule has 0 radical (unpaired) electrons. The second-order valence-corrected chi connectivity index (χ2v) is 6.54. The Hall–Kier alpha value is -1.55. The summed E-state index contributed by atoms with van der Waals surface area (Å²) in [6, 6.07) is 7.89. The van der Waals surface area contributed by atoms with Crippen LogP contribution in [0, 0.1) is 0 Å². The molecule has 4 nitrogen and oxygen atoms in total. The first-order valence-electron chi connectivity index (χ1n) is 7.44. The number of hydrogen-bond acceptors (Lipinski definition) is 3. The Kier molecular flexibility index (Phi) is 6.69. The van der Waals surface area contributed by atoms with Gasteiger partial charge in [0.05, 0.1) is 0 Å². The van der Waals surface area contributed by atoms with Gasteiger partial charge in [-0.05, 0) is 44.1 Å². The average molecular weight is 292 g/mol. The summed E-state index contributed by atoms with van der Waals surface area (Å²) >= 11 is 0. The molecule has 0 saturated heterocycles. The van der Waals surface area contributed by atoms with Gasteiger partial charge in [0, 0.05) is 6.54 Å². The second-order valence-electron chi connectivity index (χ2n) is 6.54. The zero-order valence-electron chi connectivity index (χ0n) is 13.9. The van der Waals surface area contributed by atoms with E-state index in [2.05, 4.69) is 31.0 Å². The lowest BCUT2D eigenvalue weighted by Gasteiger charge is -2.22. The van der Waals surface area contributed by atoms with E-state index in [1.807, 2.05) is 38.4 Å². The molecule has 0 spiro atoms. The Morgan fingerprint density at radius 3 is 2.52 bits per heavy atom. The van der Waals surface area contributed by atoms with Gasteiger partial charge in [-0.2, -0.15) is 0 Å². The molecule has 0 aliphatic rings. The average Bonchev–Trinajstić information content (AvgIpc) is 2.40. The maximum atomic E-state index is 11.8. The zero-order valence-corrected chi connectivity index (χ0v) is 13.9. The van der Waals surface area contributed by atoms with Gasteiger partial charge in [-0.15, -0.1) is 0 Å². The molecule has 0 aromatic heterocycles. The molecule has 0 aliphatic heterocycles. The molecular weight excluding hydrogens is 264 g/mol.